The van der Waals surface area contributed by atoms with Gasteiger partial charge in [-0.05, 0) is 0 Å². The molecule has 0 aromatic heterocycles. The smallest absolute Gasteiger partial charge is 0.104 e. The zero-order chi connectivity index (χ0) is 11.4. The molecule has 0 aliphatic heterocycles. The van der Waals surface area contributed by atoms with Crippen molar-refractivity contribution in [2.24, 2.45) is 0 Å². The second-order valence-corrected chi connectivity index (χ2v) is 2.81. The molecule has 0 rings (SSSR count). The van der Waals surface area contributed by atoms with Gasteiger partial charge in [0.15, 0.2) is 0 Å². The molecule has 0 radical (unpaired) electrons. The molecule has 15 heavy (non-hydrogen) atoms. The van der Waals surface area contributed by atoms with E-state index in [-0.39, 0.29) is 33.0 Å². The third-order valence-electron chi connectivity index (χ3n) is 1.56. The summed E-state index contributed by atoms with van der Waals surface area (Å²) in [6.07, 6.45) is -0.407. The molecule has 0 heterocycles. The highest BCUT2D eigenvalue weighted by Gasteiger charge is 2.06. The Morgan fingerprint density at radius 2 is 1.47 bits per heavy atom. The van der Waals surface area contributed by atoms with Gasteiger partial charge in [-0.2, -0.15) is 0 Å². The van der Waals surface area contributed by atoms with Gasteiger partial charge in [0, 0.05) is 0 Å². The van der Waals surface area contributed by atoms with Crippen LogP contribution in [0.5, 0.6) is 0 Å². The summed E-state index contributed by atoms with van der Waals surface area (Å²) in [5.74, 6) is 0. The number of rotatable bonds is 11. The Labute approximate surface area is 89.4 Å². The topological polar surface area (TPSA) is 88.4 Å². The molecule has 0 aromatic rings. The van der Waals surface area contributed by atoms with E-state index in [2.05, 4.69) is 0 Å². The second kappa shape index (κ2) is 11.8. The standard InChI is InChI=1S/C9H20O6/c10-1-3-13-5-6-14-8-9(7-12)15-4-2-11/h9-12H,1-8H2. The largest absolute Gasteiger partial charge is 0.394 e. The van der Waals surface area contributed by atoms with Gasteiger partial charge in [0.05, 0.1) is 52.9 Å². The third-order valence-corrected chi connectivity index (χ3v) is 1.56. The fourth-order valence-electron chi connectivity index (χ4n) is 0.872. The summed E-state index contributed by atoms with van der Waals surface area (Å²) in [6.45, 7) is 1.33. The number of aliphatic hydroxyl groups excluding tert-OH is 3. The van der Waals surface area contributed by atoms with Crippen molar-refractivity contribution in [3.05, 3.63) is 0 Å². The molecule has 1 atom stereocenters. The maximum Gasteiger partial charge on any atom is 0.104 e. The summed E-state index contributed by atoms with van der Waals surface area (Å²) in [5.41, 5.74) is 0. The zero-order valence-electron chi connectivity index (χ0n) is 8.80. The lowest BCUT2D eigenvalue weighted by Gasteiger charge is -2.14. The van der Waals surface area contributed by atoms with Gasteiger partial charge in [0.2, 0.25) is 0 Å². The van der Waals surface area contributed by atoms with Crippen molar-refractivity contribution < 1.29 is 29.5 Å². The molecule has 6 nitrogen and oxygen atoms in total. The van der Waals surface area contributed by atoms with Crippen molar-refractivity contribution in [2.45, 2.75) is 6.10 Å². The summed E-state index contributed by atoms with van der Waals surface area (Å²) >= 11 is 0. The lowest BCUT2D eigenvalue weighted by atomic mass is 10.4. The van der Waals surface area contributed by atoms with E-state index in [4.69, 9.17) is 29.5 Å². The molecule has 0 aliphatic carbocycles. The minimum absolute atomic E-state index is 0.00111. The fourth-order valence-corrected chi connectivity index (χ4v) is 0.872. The van der Waals surface area contributed by atoms with E-state index in [1.54, 1.807) is 0 Å². The molecule has 6 heteroatoms. The van der Waals surface area contributed by atoms with Gasteiger partial charge in [-0.15, -0.1) is 0 Å². The average molecular weight is 224 g/mol. The summed E-state index contributed by atoms with van der Waals surface area (Å²) in [5, 5.41) is 25.7. The molecule has 0 fully saturated rings. The first-order valence-electron chi connectivity index (χ1n) is 4.94. The fraction of sp³-hybridized carbons (Fsp3) is 1.00. The molecular formula is C9H20O6. The third kappa shape index (κ3) is 10.1. The van der Waals surface area contributed by atoms with E-state index in [1.807, 2.05) is 0 Å². The molecule has 0 spiro atoms. The molecule has 0 bridgehead atoms. The van der Waals surface area contributed by atoms with Crippen LogP contribution in [-0.2, 0) is 14.2 Å². The van der Waals surface area contributed by atoms with Crippen molar-refractivity contribution in [1.82, 2.24) is 0 Å². The number of ether oxygens (including phenoxy) is 3. The van der Waals surface area contributed by atoms with Gasteiger partial charge in [0.1, 0.15) is 6.10 Å². The minimum Gasteiger partial charge on any atom is -0.394 e. The van der Waals surface area contributed by atoms with Crippen LogP contribution < -0.4 is 0 Å². The van der Waals surface area contributed by atoms with E-state index < -0.39 is 6.10 Å². The summed E-state index contributed by atoms with van der Waals surface area (Å²) in [6, 6.07) is 0. The van der Waals surface area contributed by atoms with Crippen molar-refractivity contribution in [1.29, 1.82) is 0 Å². The Balaban J connectivity index is 3.22. The van der Waals surface area contributed by atoms with Crippen molar-refractivity contribution in [2.75, 3.05) is 52.9 Å². The predicted octanol–water partition coefficient (Wildman–Crippen LogP) is -1.62. The maximum absolute atomic E-state index is 8.84. The van der Waals surface area contributed by atoms with E-state index in [0.717, 1.165) is 0 Å². The van der Waals surface area contributed by atoms with Crippen LogP contribution in [0, 0.1) is 0 Å². The Morgan fingerprint density at radius 1 is 0.800 bits per heavy atom. The Morgan fingerprint density at radius 3 is 2.07 bits per heavy atom. The highest BCUT2D eigenvalue weighted by molar-refractivity contribution is 4.53. The molecular weight excluding hydrogens is 204 g/mol. The van der Waals surface area contributed by atoms with Crippen LogP contribution in [0.2, 0.25) is 0 Å². The van der Waals surface area contributed by atoms with Crippen LogP contribution in [0.25, 0.3) is 0 Å². The van der Waals surface area contributed by atoms with Crippen LogP contribution >= 0.6 is 0 Å². The molecule has 92 valence electrons. The van der Waals surface area contributed by atoms with Crippen LogP contribution in [0.3, 0.4) is 0 Å². The zero-order valence-corrected chi connectivity index (χ0v) is 8.80. The molecule has 0 saturated carbocycles. The monoisotopic (exact) mass is 224 g/mol. The summed E-state index contributed by atoms with van der Waals surface area (Å²) in [7, 11) is 0. The predicted molar refractivity (Wildman–Crippen MR) is 52.6 cm³/mol. The van der Waals surface area contributed by atoms with Gasteiger partial charge >= 0.3 is 0 Å². The average Bonchev–Trinajstić information content (AvgIpc) is 2.27. The van der Waals surface area contributed by atoms with Crippen molar-refractivity contribution in [3.8, 4) is 0 Å². The van der Waals surface area contributed by atoms with Gasteiger partial charge in [-0.1, -0.05) is 0 Å². The number of hydrogen-bond donors (Lipinski definition) is 3. The summed E-state index contributed by atoms with van der Waals surface area (Å²) in [4.78, 5) is 0. The van der Waals surface area contributed by atoms with Crippen LogP contribution in [0.4, 0.5) is 0 Å². The highest BCUT2D eigenvalue weighted by Crippen LogP contribution is 1.92. The quantitative estimate of drug-likeness (QED) is 0.366. The van der Waals surface area contributed by atoms with Crippen molar-refractivity contribution in [3.63, 3.8) is 0 Å². The molecule has 0 aliphatic rings. The van der Waals surface area contributed by atoms with Crippen LogP contribution in [0.15, 0.2) is 0 Å². The molecule has 0 saturated heterocycles. The second-order valence-electron chi connectivity index (χ2n) is 2.81. The van der Waals surface area contributed by atoms with Gasteiger partial charge in [-0.25, -0.2) is 0 Å². The van der Waals surface area contributed by atoms with E-state index in [0.29, 0.717) is 19.8 Å². The summed E-state index contributed by atoms with van der Waals surface area (Å²) < 4.78 is 15.2. The SMILES string of the molecule is OCCOCCOCC(CO)OCCO. The molecule has 3 N–H and O–H groups in total. The molecule has 1 unspecified atom stereocenters. The highest BCUT2D eigenvalue weighted by atomic mass is 16.6. The van der Waals surface area contributed by atoms with Crippen LogP contribution in [-0.4, -0.2) is 74.3 Å². The first kappa shape index (κ1) is 14.8. The molecule has 0 aromatic carbocycles. The Bertz CT molecular complexity index is 121. The Kier molecular flexibility index (Phi) is 11.6. The van der Waals surface area contributed by atoms with Gasteiger partial charge in [-0.3, -0.25) is 0 Å². The maximum atomic E-state index is 8.84. The van der Waals surface area contributed by atoms with Crippen molar-refractivity contribution >= 4 is 0 Å². The lowest BCUT2D eigenvalue weighted by molar-refractivity contribution is -0.0602. The minimum atomic E-state index is -0.407. The number of hydrogen-bond acceptors (Lipinski definition) is 6. The van der Waals surface area contributed by atoms with Gasteiger partial charge in [0.25, 0.3) is 0 Å². The van der Waals surface area contributed by atoms with E-state index >= 15 is 0 Å². The molecule has 0 amide bonds. The first-order valence-corrected chi connectivity index (χ1v) is 4.94. The lowest BCUT2D eigenvalue weighted by Crippen LogP contribution is -2.26. The van der Waals surface area contributed by atoms with E-state index in [1.165, 1.54) is 0 Å². The van der Waals surface area contributed by atoms with Gasteiger partial charge < -0.3 is 29.5 Å². The normalized spacial score (nSPS) is 13.0. The van der Waals surface area contributed by atoms with Crippen LogP contribution in [0.1, 0.15) is 0 Å². The Hall–Kier alpha value is -0.240. The first-order chi connectivity index (χ1) is 7.35. The van der Waals surface area contributed by atoms with E-state index in [9.17, 15) is 0 Å². The number of aliphatic hydroxyl groups is 3.